The molecule has 0 radical (unpaired) electrons. The van der Waals surface area contributed by atoms with Crippen molar-refractivity contribution in [2.45, 2.75) is 102 Å². The number of nitrogens with zero attached hydrogens (tertiary/aromatic N) is 2. The zero-order chi connectivity index (χ0) is 47.6. The van der Waals surface area contributed by atoms with Crippen molar-refractivity contribution in [1.82, 2.24) is 4.90 Å². The van der Waals surface area contributed by atoms with Gasteiger partial charge in [-0.05, 0) is 121 Å². The lowest BCUT2D eigenvalue weighted by atomic mass is 9.55. The molecule has 1 amide bonds. The minimum Gasteiger partial charge on any atom is -0.459 e. The number of oxime groups is 1. The van der Waals surface area contributed by atoms with E-state index in [4.69, 9.17) is 33.7 Å². The van der Waals surface area contributed by atoms with Crippen LogP contribution in [0, 0.1) is 17.8 Å². The van der Waals surface area contributed by atoms with E-state index in [9.17, 15) is 15.0 Å². The normalized spacial score (nSPS) is 24.3. The minimum absolute atomic E-state index is 0.0375. The third-order valence-corrected chi connectivity index (χ3v) is 14.4. The van der Waals surface area contributed by atoms with Crippen LogP contribution in [0.1, 0.15) is 88.2 Å². The molecule has 0 spiro atoms. The minimum atomic E-state index is -1.46. The smallest absolute Gasteiger partial charge is 0.410 e. The Bertz CT molecular complexity index is 2570. The summed E-state index contributed by atoms with van der Waals surface area (Å²) < 4.78 is 33.5. The number of hydrogen-bond acceptors (Lipinski definition) is 10. The van der Waals surface area contributed by atoms with E-state index >= 15 is 0 Å². The van der Waals surface area contributed by atoms with E-state index in [2.05, 4.69) is 67.3 Å². The van der Waals surface area contributed by atoms with Gasteiger partial charge >= 0.3 is 6.09 Å². The Hall–Kier alpha value is -5.98. The SMILES string of the molecule is C=CCOC12Oc3ccc(Oc4ccc(-c5ccccc5)cc4)cc3C3C(CCCCO)C(CCCCO)C=C(C(=NOC4CCCCO4)CC1N(Cc1cccc4ccccc14)C(=O)OCC)C32. The molecule has 362 valence electrons. The number of fused-ring (bicyclic) bond motifs is 3. The van der Waals surface area contributed by atoms with E-state index in [1.54, 1.807) is 11.0 Å². The first-order valence-electron chi connectivity index (χ1n) is 25.0. The molecule has 2 aliphatic carbocycles. The summed E-state index contributed by atoms with van der Waals surface area (Å²) in [5, 5.41) is 27.3. The average Bonchev–Trinajstić information content (AvgIpc) is 3.38. The number of aliphatic hydroxyl groups is 2. The van der Waals surface area contributed by atoms with E-state index in [0.29, 0.717) is 42.4 Å². The third-order valence-electron chi connectivity index (χ3n) is 14.4. The van der Waals surface area contributed by atoms with Gasteiger partial charge in [-0.2, -0.15) is 0 Å². The first kappa shape index (κ1) is 48.1. The van der Waals surface area contributed by atoms with Gasteiger partial charge in [-0.15, -0.1) is 6.58 Å². The lowest BCUT2D eigenvalue weighted by Crippen LogP contribution is -2.70. The summed E-state index contributed by atoms with van der Waals surface area (Å²) in [4.78, 5) is 23.0. The molecule has 4 aliphatic rings. The van der Waals surface area contributed by atoms with Crippen molar-refractivity contribution < 1.29 is 43.5 Å². The first-order valence-corrected chi connectivity index (χ1v) is 25.0. The highest BCUT2D eigenvalue weighted by Crippen LogP contribution is 2.62. The fourth-order valence-electron chi connectivity index (χ4n) is 11.2. The van der Waals surface area contributed by atoms with Crippen LogP contribution in [0.2, 0.25) is 0 Å². The van der Waals surface area contributed by atoms with Crippen molar-refractivity contribution in [2.75, 3.05) is 33.0 Å². The van der Waals surface area contributed by atoms with Crippen LogP contribution in [0.25, 0.3) is 21.9 Å². The molecule has 9 rings (SSSR count). The van der Waals surface area contributed by atoms with Crippen LogP contribution in [0.15, 0.2) is 145 Å². The van der Waals surface area contributed by atoms with E-state index in [1.165, 1.54) is 0 Å². The molecule has 5 aromatic rings. The number of carbonyl (C=O) groups excluding carboxylic acids is 1. The zero-order valence-electron chi connectivity index (χ0n) is 39.8. The molecule has 1 saturated heterocycles. The Morgan fingerprint density at radius 3 is 2.39 bits per heavy atom. The van der Waals surface area contributed by atoms with Gasteiger partial charge in [0.2, 0.25) is 12.1 Å². The number of unbranched alkanes of at least 4 members (excludes halogenated alkanes) is 2. The van der Waals surface area contributed by atoms with Crippen molar-refractivity contribution >= 4 is 22.6 Å². The van der Waals surface area contributed by atoms with E-state index in [0.717, 1.165) is 83.5 Å². The second-order valence-corrected chi connectivity index (χ2v) is 18.6. The Morgan fingerprint density at radius 1 is 0.870 bits per heavy atom. The molecular weight excluding hydrogens is 869 g/mol. The van der Waals surface area contributed by atoms with Gasteiger partial charge in [0.15, 0.2) is 0 Å². The highest BCUT2D eigenvalue weighted by molar-refractivity contribution is 6.03. The van der Waals surface area contributed by atoms with Crippen LogP contribution in [0.4, 0.5) is 4.79 Å². The summed E-state index contributed by atoms with van der Waals surface area (Å²) in [6.07, 6.45) is 10.6. The maximum atomic E-state index is 14.8. The average molecular weight is 935 g/mol. The van der Waals surface area contributed by atoms with Crippen LogP contribution in [0.3, 0.4) is 0 Å². The van der Waals surface area contributed by atoms with Crippen LogP contribution >= 0.6 is 0 Å². The topological polar surface area (TPSA) is 129 Å². The van der Waals surface area contributed by atoms with Gasteiger partial charge in [-0.1, -0.05) is 115 Å². The monoisotopic (exact) mass is 934 g/mol. The fourth-order valence-corrected chi connectivity index (χ4v) is 11.2. The molecule has 1 saturated carbocycles. The molecule has 7 atom stereocenters. The quantitative estimate of drug-likeness (QED) is 0.0445. The molecular formula is C58H66N2O9. The molecule has 7 unspecified atom stereocenters. The van der Waals surface area contributed by atoms with Gasteiger partial charge in [0.05, 0.1) is 38.0 Å². The lowest BCUT2D eigenvalue weighted by Gasteiger charge is -2.60. The molecule has 2 aliphatic heterocycles. The van der Waals surface area contributed by atoms with Crippen molar-refractivity contribution in [3.8, 4) is 28.4 Å². The number of rotatable bonds is 20. The maximum absolute atomic E-state index is 14.8. The number of carbonyl (C=O) groups is 1. The Morgan fingerprint density at radius 2 is 1.62 bits per heavy atom. The number of hydrogen-bond donors (Lipinski definition) is 2. The fraction of sp³-hybridized carbons (Fsp3) is 0.414. The predicted octanol–water partition coefficient (Wildman–Crippen LogP) is 12.1. The van der Waals surface area contributed by atoms with Gasteiger partial charge in [-0.25, -0.2) is 4.79 Å². The molecule has 2 fully saturated rings. The number of aliphatic hydroxyl groups excluding tert-OH is 2. The van der Waals surface area contributed by atoms with Crippen LogP contribution in [-0.4, -0.2) is 78.1 Å². The van der Waals surface area contributed by atoms with Gasteiger partial charge < -0.3 is 38.7 Å². The molecule has 69 heavy (non-hydrogen) atoms. The largest absolute Gasteiger partial charge is 0.459 e. The number of allylic oxidation sites excluding steroid dienone is 1. The van der Waals surface area contributed by atoms with Crippen molar-refractivity contribution in [2.24, 2.45) is 22.9 Å². The van der Waals surface area contributed by atoms with Crippen LogP contribution < -0.4 is 9.47 Å². The summed E-state index contributed by atoms with van der Waals surface area (Å²) in [5.41, 5.74) is 5.80. The first-order chi connectivity index (χ1) is 33.9. The van der Waals surface area contributed by atoms with E-state index in [-0.39, 0.29) is 57.1 Å². The molecule has 11 nitrogen and oxygen atoms in total. The van der Waals surface area contributed by atoms with E-state index < -0.39 is 30.1 Å². The molecule has 5 aromatic carbocycles. The second kappa shape index (κ2) is 22.6. The van der Waals surface area contributed by atoms with Crippen LogP contribution in [0.5, 0.6) is 17.2 Å². The molecule has 0 bridgehead atoms. The number of amides is 1. The number of ether oxygens (including phenoxy) is 5. The standard InChI is InChI=1S/C58H66N2O9/c1-3-34-66-58-53(60(57(63)64-4-2)39-44-22-16-21-42-19-8-9-23-47(42)44)38-51(59-69-54-25-12-15-35-65-54)49-36-43(20-10-13-32-61)48(24-11-14-33-62)55(56(49)58)50-37-46(30-31-52(50)68-58)67-45-28-26-41(27-29-45)40-17-6-5-7-18-40/h3,5-9,16-19,21-23,26-31,36-37,43,48,53-56,61-62H,1,4,10-15,20,24-25,32-35,38-39H2,2H3. The molecule has 0 aromatic heterocycles. The molecule has 11 heteroatoms. The van der Waals surface area contributed by atoms with Crippen molar-refractivity contribution in [3.63, 3.8) is 0 Å². The van der Waals surface area contributed by atoms with E-state index in [1.807, 2.05) is 67.6 Å². The predicted molar refractivity (Wildman–Crippen MR) is 268 cm³/mol. The Kier molecular flexibility index (Phi) is 15.8. The summed E-state index contributed by atoms with van der Waals surface area (Å²) in [6, 6.07) is 38.0. The Balaban J connectivity index is 1.22. The number of benzene rings is 5. The van der Waals surface area contributed by atoms with Gasteiger partial charge in [0.1, 0.15) is 23.3 Å². The summed E-state index contributed by atoms with van der Waals surface area (Å²) in [6.45, 7) is 7.23. The molecule has 2 heterocycles. The third kappa shape index (κ3) is 10.5. The van der Waals surface area contributed by atoms with Crippen LogP contribution in [-0.2, 0) is 25.6 Å². The zero-order valence-corrected chi connectivity index (χ0v) is 39.8. The summed E-state index contributed by atoms with van der Waals surface area (Å²) in [5.74, 6) is -0.0956. The highest BCUT2D eigenvalue weighted by atomic mass is 16.8. The Labute approximate surface area is 406 Å². The van der Waals surface area contributed by atoms with Crippen molar-refractivity contribution in [1.29, 1.82) is 0 Å². The maximum Gasteiger partial charge on any atom is 0.410 e. The van der Waals surface area contributed by atoms with Gasteiger partial charge in [0, 0.05) is 37.5 Å². The van der Waals surface area contributed by atoms with Gasteiger partial charge in [-0.3, -0.25) is 4.90 Å². The second-order valence-electron chi connectivity index (χ2n) is 18.6. The summed E-state index contributed by atoms with van der Waals surface area (Å²) >= 11 is 0. The lowest BCUT2D eigenvalue weighted by molar-refractivity contribution is -0.256. The summed E-state index contributed by atoms with van der Waals surface area (Å²) in [7, 11) is 0. The highest BCUT2D eigenvalue weighted by Gasteiger charge is 2.66. The van der Waals surface area contributed by atoms with Crippen molar-refractivity contribution in [3.05, 3.63) is 151 Å². The van der Waals surface area contributed by atoms with Gasteiger partial charge in [0.25, 0.3) is 0 Å². The molecule has 2 N–H and O–H groups in total.